The van der Waals surface area contributed by atoms with Crippen molar-refractivity contribution in [3.8, 4) is 0 Å². The Morgan fingerprint density at radius 1 is 1.58 bits per heavy atom. The summed E-state index contributed by atoms with van der Waals surface area (Å²) in [6, 6.07) is 2.07. The molecule has 1 rings (SSSR count). The summed E-state index contributed by atoms with van der Waals surface area (Å²) in [6.45, 7) is 4.64. The molecule has 1 aromatic heterocycles. The van der Waals surface area contributed by atoms with Gasteiger partial charge in [0.2, 0.25) is 0 Å². The van der Waals surface area contributed by atoms with E-state index >= 15 is 0 Å². The first-order valence-electron chi connectivity index (χ1n) is 4.05. The van der Waals surface area contributed by atoms with Gasteiger partial charge in [0.1, 0.15) is 0 Å². The zero-order valence-corrected chi connectivity index (χ0v) is 7.54. The van der Waals surface area contributed by atoms with Crippen molar-refractivity contribution in [2.24, 2.45) is 5.73 Å². The van der Waals surface area contributed by atoms with Gasteiger partial charge in [-0.25, -0.2) is 0 Å². The maximum absolute atomic E-state index is 5.50. The molecule has 1 heterocycles. The van der Waals surface area contributed by atoms with Crippen LogP contribution in [0.2, 0.25) is 0 Å². The van der Waals surface area contributed by atoms with E-state index in [-0.39, 0.29) is 0 Å². The highest BCUT2D eigenvalue weighted by molar-refractivity contribution is 5.62. The Balaban J connectivity index is 3.02. The Bertz CT molecular complexity index is 290. The van der Waals surface area contributed by atoms with Gasteiger partial charge in [0.25, 0.3) is 0 Å². The fourth-order valence-corrected chi connectivity index (χ4v) is 0.982. The topological polar surface area (TPSA) is 38.9 Å². The van der Waals surface area contributed by atoms with E-state index in [4.69, 9.17) is 5.73 Å². The Hall–Kier alpha value is -1.15. The predicted octanol–water partition coefficient (Wildman–Crippen LogP) is 1.96. The molecule has 1 aromatic rings. The fourth-order valence-electron chi connectivity index (χ4n) is 0.982. The number of rotatable bonds is 2. The van der Waals surface area contributed by atoms with Crippen LogP contribution >= 0.6 is 0 Å². The number of aromatic nitrogens is 1. The molecule has 64 valence electrons. The van der Waals surface area contributed by atoms with E-state index in [2.05, 4.69) is 24.1 Å². The second-order valence-corrected chi connectivity index (χ2v) is 2.76. The summed E-state index contributed by atoms with van der Waals surface area (Å²) >= 11 is 0. The summed E-state index contributed by atoms with van der Waals surface area (Å²) in [5, 5.41) is 0. The number of nitrogens with zero attached hydrogens (tertiary/aromatic N) is 1. The van der Waals surface area contributed by atoms with Crippen molar-refractivity contribution in [3.63, 3.8) is 0 Å². The van der Waals surface area contributed by atoms with Crippen LogP contribution in [0.4, 0.5) is 0 Å². The second kappa shape index (κ2) is 4.02. The standard InChI is InChI=1S/C10H14N2/c1-3-8(2)10-4-9(5-11)6-12-7-10/h3-4,6-7H,5,11H2,1-2H3/b8-3+. The molecule has 2 nitrogen and oxygen atoms in total. The molecule has 0 unspecified atom stereocenters. The SMILES string of the molecule is C/C=C(\C)c1cncc(CN)c1. The number of allylic oxidation sites excluding steroid dienone is 2. The average Bonchev–Trinajstić information content (AvgIpc) is 2.17. The van der Waals surface area contributed by atoms with Gasteiger partial charge in [-0.2, -0.15) is 0 Å². The zero-order valence-electron chi connectivity index (χ0n) is 7.54. The molecule has 0 bridgehead atoms. The third-order valence-corrected chi connectivity index (χ3v) is 1.92. The summed E-state index contributed by atoms with van der Waals surface area (Å²) < 4.78 is 0. The van der Waals surface area contributed by atoms with Crippen LogP contribution in [0.1, 0.15) is 25.0 Å². The lowest BCUT2D eigenvalue weighted by Crippen LogP contribution is -1.97. The van der Waals surface area contributed by atoms with Gasteiger partial charge in [-0.05, 0) is 36.6 Å². The van der Waals surface area contributed by atoms with E-state index in [1.54, 1.807) is 6.20 Å². The Labute approximate surface area is 73.1 Å². The monoisotopic (exact) mass is 162 g/mol. The predicted molar refractivity (Wildman–Crippen MR) is 51.5 cm³/mol. The minimum atomic E-state index is 0.553. The lowest BCUT2D eigenvalue weighted by atomic mass is 10.1. The van der Waals surface area contributed by atoms with Gasteiger partial charge >= 0.3 is 0 Å². The average molecular weight is 162 g/mol. The minimum absolute atomic E-state index is 0.553. The van der Waals surface area contributed by atoms with Crippen molar-refractivity contribution in [1.82, 2.24) is 4.98 Å². The lowest BCUT2D eigenvalue weighted by molar-refractivity contribution is 1.04. The smallest absolute Gasteiger partial charge is 0.0343 e. The molecule has 0 atom stereocenters. The van der Waals surface area contributed by atoms with Gasteiger partial charge in [0.05, 0.1) is 0 Å². The molecule has 0 aliphatic heterocycles. The molecule has 12 heavy (non-hydrogen) atoms. The van der Waals surface area contributed by atoms with Gasteiger partial charge in [-0.15, -0.1) is 0 Å². The van der Waals surface area contributed by atoms with Crippen LogP contribution in [0.15, 0.2) is 24.5 Å². The molecular weight excluding hydrogens is 148 g/mol. The first-order valence-corrected chi connectivity index (χ1v) is 4.05. The first kappa shape index (κ1) is 8.94. The Kier molecular flexibility index (Phi) is 3.00. The molecule has 2 N–H and O–H groups in total. The number of pyridine rings is 1. The number of hydrogen-bond donors (Lipinski definition) is 1. The molecule has 0 spiro atoms. The van der Waals surface area contributed by atoms with Crippen LogP contribution in [-0.4, -0.2) is 4.98 Å². The molecule has 0 aromatic carbocycles. The summed E-state index contributed by atoms with van der Waals surface area (Å²) in [5.41, 5.74) is 8.97. The molecular formula is C10H14N2. The van der Waals surface area contributed by atoms with Crippen LogP contribution in [0.3, 0.4) is 0 Å². The minimum Gasteiger partial charge on any atom is -0.326 e. The molecule has 0 aliphatic carbocycles. The van der Waals surface area contributed by atoms with Crippen molar-refractivity contribution in [2.75, 3.05) is 0 Å². The van der Waals surface area contributed by atoms with Gasteiger partial charge in [-0.1, -0.05) is 6.08 Å². The van der Waals surface area contributed by atoms with Gasteiger partial charge in [-0.3, -0.25) is 4.98 Å². The molecule has 0 aliphatic rings. The van der Waals surface area contributed by atoms with Crippen LogP contribution in [0, 0.1) is 0 Å². The third kappa shape index (κ3) is 1.92. The highest BCUT2D eigenvalue weighted by atomic mass is 14.6. The zero-order chi connectivity index (χ0) is 8.97. The highest BCUT2D eigenvalue weighted by Crippen LogP contribution is 2.12. The number of hydrogen-bond acceptors (Lipinski definition) is 2. The molecule has 0 radical (unpaired) electrons. The van der Waals surface area contributed by atoms with Crippen LogP contribution in [0.25, 0.3) is 5.57 Å². The van der Waals surface area contributed by atoms with Crippen molar-refractivity contribution < 1.29 is 0 Å². The highest BCUT2D eigenvalue weighted by Gasteiger charge is 1.95. The summed E-state index contributed by atoms with van der Waals surface area (Å²) in [5.74, 6) is 0. The van der Waals surface area contributed by atoms with E-state index in [1.807, 2.05) is 13.1 Å². The quantitative estimate of drug-likeness (QED) is 0.722. The lowest BCUT2D eigenvalue weighted by Gasteiger charge is -2.01. The van der Waals surface area contributed by atoms with Crippen molar-refractivity contribution in [2.45, 2.75) is 20.4 Å². The molecule has 0 amide bonds. The second-order valence-electron chi connectivity index (χ2n) is 2.76. The van der Waals surface area contributed by atoms with Crippen LogP contribution in [0.5, 0.6) is 0 Å². The molecule has 0 saturated heterocycles. The van der Waals surface area contributed by atoms with E-state index in [1.165, 1.54) is 5.57 Å². The Morgan fingerprint density at radius 2 is 2.33 bits per heavy atom. The van der Waals surface area contributed by atoms with E-state index in [9.17, 15) is 0 Å². The van der Waals surface area contributed by atoms with Crippen molar-refractivity contribution in [1.29, 1.82) is 0 Å². The van der Waals surface area contributed by atoms with E-state index in [0.29, 0.717) is 6.54 Å². The van der Waals surface area contributed by atoms with Gasteiger partial charge in [0, 0.05) is 18.9 Å². The number of nitrogens with two attached hydrogens (primary N) is 1. The van der Waals surface area contributed by atoms with Gasteiger partial charge in [0.15, 0.2) is 0 Å². The van der Waals surface area contributed by atoms with Gasteiger partial charge < -0.3 is 5.73 Å². The van der Waals surface area contributed by atoms with Crippen molar-refractivity contribution >= 4 is 5.57 Å². The molecule has 2 heteroatoms. The van der Waals surface area contributed by atoms with Crippen molar-refractivity contribution in [3.05, 3.63) is 35.7 Å². The normalized spacial score (nSPS) is 11.8. The van der Waals surface area contributed by atoms with Crippen LogP contribution < -0.4 is 5.73 Å². The molecule has 0 fully saturated rings. The fraction of sp³-hybridized carbons (Fsp3) is 0.300. The van der Waals surface area contributed by atoms with E-state index in [0.717, 1.165) is 11.1 Å². The summed E-state index contributed by atoms with van der Waals surface area (Å²) in [6.07, 6.45) is 5.72. The maximum Gasteiger partial charge on any atom is 0.0343 e. The largest absolute Gasteiger partial charge is 0.326 e. The van der Waals surface area contributed by atoms with E-state index < -0.39 is 0 Å². The molecule has 0 saturated carbocycles. The Morgan fingerprint density at radius 3 is 2.92 bits per heavy atom. The summed E-state index contributed by atoms with van der Waals surface area (Å²) in [7, 11) is 0. The summed E-state index contributed by atoms with van der Waals surface area (Å²) in [4.78, 5) is 4.10. The third-order valence-electron chi connectivity index (χ3n) is 1.92. The first-order chi connectivity index (χ1) is 5.77. The van der Waals surface area contributed by atoms with Crippen LogP contribution in [-0.2, 0) is 6.54 Å². The maximum atomic E-state index is 5.50.